The third-order valence-corrected chi connectivity index (χ3v) is 3.69. The Morgan fingerprint density at radius 3 is 2.81 bits per heavy atom. The zero-order valence-corrected chi connectivity index (χ0v) is 11.3. The molecule has 0 radical (unpaired) electrons. The summed E-state index contributed by atoms with van der Waals surface area (Å²) in [6, 6.07) is 4.65. The summed E-state index contributed by atoms with van der Waals surface area (Å²) >= 11 is 1.83. The smallest absolute Gasteiger partial charge is 0.0328 e. The normalized spacial score (nSPS) is 13.2. The van der Waals surface area contributed by atoms with Crippen LogP contribution in [-0.2, 0) is 6.54 Å². The van der Waals surface area contributed by atoms with Crippen LogP contribution >= 0.6 is 11.3 Å². The highest BCUT2D eigenvalue weighted by molar-refractivity contribution is 7.09. The lowest BCUT2D eigenvalue weighted by atomic mass is 10.1. The van der Waals surface area contributed by atoms with E-state index in [9.17, 15) is 0 Å². The number of hydrogen-bond acceptors (Lipinski definition) is 3. The first-order valence-electron chi connectivity index (χ1n) is 6.26. The van der Waals surface area contributed by atoms with Crippen LogP contribution in [0.1, 0.15) is 38.0 Å². The van der Waals surface area contributed by atoms with Gasteiger partial charge in [-0.15, -0.1) is 11.3 Å². The molecule has 1 heterocycles. The molecule has 1 aromatic heterocycles. The van der Waals surface area contributed by atoms with Gasteiger partial charge in [-0.25, -0.2) is 0 Å². The minimum absolute atomic E-state index is 0.333. The fraction of sp³-hybridized carbons (Fsp3) is 0.692. The van der Waals surface area contributed by atoms with Crippen molar-refractivity contribution in [3.63, 3.8) is 0 Å². The van der Waals surface area contributed by atoms with Crippen molar-refractivity contribution in [1.29, 1.82) is 0 Å². The molecule has 1 unspecified atom stereocenters. The molecule has 0 fully saturated rings. The van der Waals surface area contributed by atoms with Gasteiger partial charge in [0.25, 0.3) is 0 Å². The van der Waals surface area contributed by atoms with Gasteiger partial charge in [0.1, 0.15) is 0 Å². The van der Waals surface area contributed by atoms with Crippen molar-refractivity contribution < 1.29 is 0 Å². The molecule has 0 bridgehead atoms. The highest BCUT2D eigenvalue weighted by atomic mass is 32.1. The molecule has 0 amide bonds. The van der Waals surface area contributed by atoms with Crippen LogP contribution in [0.25, 0.3) is 0 Å². The average molecular weight is 240 g/mol. The molecule has 0 saturated carbocycles. The van der Waals surface area contributed by atoms with E-state index < -0.39 is 0 Å². The van der Waals surface area contributed by atoms with Crippen LogP contribution in [-0.4, -0.2) is 24.0 Å². The number of hydrogen-bond donors (Lipinski definition) is 1. The molecule has 0 spiro atoms. The minimum Gasteiger partial charge on any atom is -0.327 e. The van der Waals surface area contributed by atoms with Crippen molar-refractivity contribution in [2.45, 2.75) is 45.7 Å². The van der Waals surface area contributed by atoms with E-state index in [2.05, 4.69) is 36.3 Å². The number of nitrogens with zero attached hydrogens (tertiary/aromatic N) is 1. The molecular formula is C13H24N2S. The summed E-state index contributed by atoms with van der Waals surface area (Å²) in [5.41, 5.74) is 6.13. The molecule has 0 aliphatic carbocycles. The molecule has 2 N–H and O–H groups in total. The predicted molar refractivity (Wildman–Crippen MR) is 72.8 cm³/mol. The molecule has 3 heteroatoms. The molecular weight excluding hydrogens is 216 g/mol. The molecule has 0 aliphatic heterocycles. The fourth-order valence-corrected chi connectivity index (χ4v) is 2.56. The van der Waals surface area contributed by atoms with E-state index in [0.717, 1.165) is 26.1 Å². The zero-order chi connectivity index (χ0) is 11.8. The van der Waals surface area contributed by atoms with Crippen molar-refractivity contribution in [1.82, 2.24) is 4.90 Å². The Hall–Kier alpha value is -0.380. The summed E-state index contributed by atoms with van der Waals surface area (Å²) < 4.78 is 0. The van der Waals surface area contributed by atoms with E-state index >= 15 is 0 Å². The third kappa shape index (κ3) is 5.10. The summed E-state index contributed by atoms with van der Waals surface area (Å²) in [6.45, 7) is 7.58. The van der Waals surface area contributed by atoms with Gasteiger partial charge in [-0.2, -0.15) is 0 Å². The zero-order valence-electron chi connectivity index (χ0n) is 10.5. The number of nitrogens with two attached hydrogens (primary N) is 1. The first-order chi connectivity index (χ1) is 7.76. The van der Waals surface area contributed by atoms with E-state index in [1.165, 1.54) is 17.7 Å². The van der Waals surface area contributed by atoms with Crippen LogP contribution in [0.4, 0.5) is 0 Å². The third-order valence-electron chi connectivity index (χ3n) is 2.83. The summed E-state index contributed by atoms with van der Waals surface area (Å²) in [6.07, 6.45) is 3.64. The summed E-state index contributed by atoms with van der Waals surface area (Å²) in [5.74, 6) is 0. The minimum atomic E-state index is 0.333. The number of unbranched alkanes of at least 4 members (excludes halogenated alkanes) is 1. The largest absolute Gasteiger partial charge is 0.327 e. The molecule has 0 saturated heterocycles. The first-order valence-corrected chi connectivity index (χ1v) is 7.14. The van der Waals surface area contributed by atoms with E-state index in [-0.39, 0.29) is 0 Å². The highest BCUT2D eigenvalue weighted by Gasteiger charge is 2.09. The van der Waals surface area contributed by atoms with Crippen molar-refractivity contribution in [3.8, 4) is 0 Å². The molecule has 1 atom stereocenters. The summed E-state index contributed by atoms with van der Waals surface area (Å²) in [5, 5.41) is 2.14. The Balaban J connectivity index is 2.31. The van der Waals surface area contributed by atoms with Crippen LogP contribution in [0.3, 0.4) is 0 Å². The topological polar surface area (TPSA) is 29.3 Å². The lowest BCUT2D eigenvalue weighted by Crippen LogP contribution is -2.36. The number of thiophene rings is 1. The Morgan fingerprint density at radius 1 is 1.44 bits per heavy atom. The lowest BCUT2D eigenvalue weighted by Gasteiger charge is -2.23. The Bertz CT molecular complexity index is 259. The van der Waals surface area contributed by atoms with Crippen LogP contribution in [0.15, 0.2) is 17.5 Å². The fourth-order valence-electron chi connectivity index (χ4n) is 1.82. The second-order valence-electron chi connectivity index (χ2n) is 4.31. The van der Waals surface area contributed by atoms with Gasteiger partial charge in [0.05, 0.1) is 0 Å². The SMILES string of the molecule is CCCCC(N)CN(CC)Cc1cccs1. The Labute approximate surface area is 103 Å². The molecule has 2 nitrogen and oxygen atoms in total. The standard InChI is InChI=1S/C13H24N2S/c1-3-5-7-12(14)10-15(4-2)11-13-8-6-9-16-13/h6,8-9,12H,3-5,7,10-11,14H2,1-2H3. The van der Waals surface area contributed by atoms with Crippen molar-refractivity contribution in [3.05, 3.63) is 22.4 Å². The van der Waals surface area contributed by atoms with Gasteiger partial charge in [-0.1, -0.05) is 32.8 Å². The van der Waals surface area contributed by atoms with Crippen LogP contribution < -0.4 is 5.73 Å². The van der Waals surface area contributed by atoms with Crippen molar-refractivity contribution in [2.75, 3.05) is 13.1 Å². The van der Waals surface area contributed by atoms with E-state index in [0.29, 0.717) is 6.04 Å². The monoisotopic (exact) mass is 240 g/mol. The number of likely N-dealkylation sites (N-methyl/N-ethyl adjacent to an activating group) is 1. The average Bonchev–Trinajstić information content (AvgIpc) is 2.78. The van der Waals surface area contributed by atoms with Crippen molar-refractivity contribution >= 4 is 11.3 Å². The quantitative estimate of drug-likeness (QED) is 0.756. The maximum atomic E-state index is 6.13. The van der Waals surface area contributed by atoms with E-state index in [4.69, 9.17) is 5.73 Å². The molecule has 16 heavy (non-hydrogen) atoms. The second-order valence-corrected chi connectivity index (χ2v) is 5.34. The Kier molecular flexibility index (Phi) is 6.69. The maximum absolute atomic E-state index is 6.13. The molecule has 1 rings (SSSR count). The van der Waals surface area contributed by atoms with Crippen molar-refractivity contribution in [2.24, 2.45) is 5.73 Å². The van der Waals surface area contributed by atoms with Gasteiger partial charge >= 0.3 is 0 Å². The van der Waals surface area contributed by atoms with Gasteiger partial charge in [-0.05, 0) is 24.4 Å². The van der Waals surface area contributed by atoms with E-state index in [1.807, 2.05) is 11.3 Å². The van der Waals surface area contributed by atoms with Gasteiger partial charge in [-0.3, -0.25) is 4.90 Å². The highest BCUT2D eigenvalue weighted by Crippen LogP contribution is 2.12. The summed E-state index contributed by atoms with van der Waals surface area (Å²) in [7, 11) is 0. The second kappa shape index (κ2) is 7.82. The molecule has 1 aromatic rings. The van der Waals surface area contributed by atoms with Crippen LogP contribution in [0.5, 0.6) is 0 Å². The van der Waals surface area contributed by atoms with Crippen LogP contribution in [0.2, 0.25) is 0 Å². The number of rotatable bonds is 8. The van der Waals surface area contributed by atoms with Crippen LogP contribution in [0, 0.1) is 0 Å². The van der Waals surface area contributed by atoms with Gasteiger partial charge < -0.3 is 5.73 Å². The Morgan fingerprint density at radius 2 is 2.25 bits per heavy atom. The predicted octanol–water partition coefficient (Wildman–Crippen LogP) is 3.09. The molecule has 0 aromatic carbocycles. The molecule has 0 aliphatic rings. The molecule has 92 valence electrons. The van der Waals surface area contributed by atoms with Gasteiger partial charge in [0, 0.05) is 24.0 Å². The lowest BCUT2D eigenvalue weighted by molar-refractivity contribution is 0.257. The van der Waals surface area contributed by atoms with Gasteiger partial charge in [0.2, 0.25) is 0 Å². The first kappa shape index (κ1) is 13.7. The van der Waals surface area contributed by atoms with E-state index in [1.54, 1.807) is 0 Å². The summed E-state index contributed by atoms with van der Waals surface area (Å²) in [4.78, 5) is 3.87. The van der Waals surface area contributed by atoms with Gasteiger partial charge in [0.15, 0.2) is 0 Å². The maximum Gasteiger partial charge on any atom is 0.0328 e.